The number of aliphatic carboxylic acids is 1. The van der Waals surface area contributed by atoms with E-state index in [0.29, 0.717) is 12.8 Å². The molecule has 0 saturated heterocycles. The van der Waals surface area contributed by atoms with Gasteiger partial charge in [-0.2, -0.15) is 0 Å². The molecule has 184 valence electrons. The fourth-order valence-corrected chi connectivity index (χ4v) is 5.88. The summed E-state index contributed by atoms with van der Waals surface area (Å²) in [4.78, 5) is 37.2. The fourth-order valence-electron chi connectivity index (χ4n) is 5.88. The molecule has 0 heterocycles. The zero-order valence-corrected chi connectivity index (χ0v) is 19.7. The lowest BCUT2D eigenvalue weighted by Crippen LogP contribution is -2.49. The standard InChI is InChI=1S/C28H32N2O5/c31-26(30-25-14-6-13-22(25)27(32)33)23(17-7-5-8-17)15-29-28(34)35-16-24-20-11-3-1-9-18(20)19-10-2-4-12-21(19)24/h1-4,9-12,17,22-25H,5-8,13-16H2,(H,29,34)(H,30,31)(H,32,33)/t22-,23?,25+/m1/s1. The predicted octanol–water partition coefficient (Wildman–Crippen LogP) is 4.31. The molecule has 35 heavy (non-hydrogen) atoms. The summed E-state index contributed by atoms with van der Waals surface area (Å²) >= 11 is 0. The molecule has 3 atom stereocenters. The van der Waals surface area contributed by atoms with Crippen LogP contribution in [-0.4, -0.2) is 42.3 Å². The normalized spacial score (nSPS) is 21.9. The smallest absolute Gasteiger partial charge is 0.407 e. The lowest BCUT2D eigenvalue weighted by atomic mass is 9.75. The van der Waals surface area contributed by atoms with Gasteiger partial charge in [-0.3, -0.25) is 9.59 Å². The third kappa shape index (κ3) is 4.77. The molecule has 0 spiro atoms. The van der Waals surface area contributed by atoms with E-state index in [0.717, 1.165) is 36.8 Å². The first-order valence-electron chi connectivity index (χ1n) is 12.6. The number of alkyl carbamates (subject to hydrolysis) is 1. The summed E-state index contributed by atoms with van der Waals surface area (Å²) < 4.78 is 5.62. The van der Waals surface area contributed by atoms with Crippen molar-refractivity contribution in [3.8, 4) is 11.1 Å². The van der Waals surface area contributed by atoms with Crippen LogP contribution in [0.5, 0.6) is 0 Å². The van der Waals surface area contributed by atoms with Gasteiger partial charge in [0.25, 0.3) is 0 Å². The summed E-state index contributed by atoms with van der Waals surface area (Å²) in [5, 5.41) is 15.2. The summed E-state index contributed by atoms with van der Waals surface area (Å²) in [5.74, 6) is -1.74. The van der Waals surface area contributed by atoms with Gasteiger partial charge in [-0.1, -0.05) is 61.4 Å². The largest absolute Gasteiger partial charge is 0.481 e. The Morgan fingerprint density at radius 2 is 1.54 bits per heavy atom. The average molecular weight is 477 g/mol. The van der Waals surface area contributed by atoms with Gasteiger partial charge in [0.1, 0.15) is 6.61 Å². The van der Waals surface area contributed by atoms with Crippen LogP contribution in [0.25, 0.3) is 11.1 Å². The van der Waals surface area contributed by atoms with Crippen molar-refractivity contribution in [3.63, 3.8) is 0 Å². The number of nitrogens with one attached hydrogen (secondary N) is 2. The van der Waals surface area contributed by atoms with Crippen molar-refractivity contribution in [2.45, 2.75) is 50.5 Å². The molecule has 3 N–H and O–H groups in total. The highest BCUT2D eigenvalue weighted by atomic mass is 16.5. The minimum absolute atomic E-state index is 0.0193. The number of hydrogen-bond donors (Lipinski definition) is 3. The molecule has 0 aliphatic heterocycles. The zero-order valence-electron chi connectivity index (χ0n) is 19.7. The molecule has 2 aromatic carbocycles. The van der Waals surface area contributed by atoms with Gasteiger partial charge < -0.3 is 20.5 Å². The van der Waals surface area contributed by atoms with E-state index in [1.165, 1.54) is 11.1 Å². The second-order valence-corrected chi connectivity index (χ2v) is 9.99. The molecule has 0 bridgehead atoms. The quantitative estimate of drug-likeness (QED) is 0.527. The summed E-state index contributed by atoms with van der Waals surface area (Å²) in [5.41, 5.74) is 4.64. The molecular weight excluding hydrogens is 444 g/mol. The Labute approximate surface area is 205 Å². The molecule has 7 heteroatoms. The molecule has 2 saturated carbocycles. The first kappa shape index (κ1) is 23.4. The highest BCUT2D eigenvalue weighted by molar-refractivity contribution is 5.82. The van der Waals surface area contributed by atoms with Crippen molar-refractivity contribution in [2.75, 3.05) is 13.2 Å². The van der Waals surface area contributed by atoms with Crippen molar-refractivity contribution >= 4 is 18.0 Å². The van der Waals surface area contributed by atoms with Gasteiger partial charge in [-0.15, -0.1) is 0 Å². The van der Waals surface area contributed by atoms with Gasteiger partial charge >= 0.3 is 12.1 Å². The number of carboxylic acid groups (broad SMARTS) is 1. The van der Waals surface area contributed by atoms with E-state index in [9.17, 15) is 19.5 Å². The number of carboxylic acids is 1. The number of ether oxygens (including phenoxy) is 1. The van der Waals surface area contributed by atoms with Crippen molar-refractivity contribution in [3.05, 3.63) is 59.7 Å². The van der Waals surface area contributed by atoms with Crippen molar-refractivity contribution in [1.29, 1.82) is 0 Å². The summed E-state index contributed by atoms with van der Waals surface area (Å²) in [6, 6.07) is 16.0. The van der Waals surface area contributed by atoms with E-state index in [1.54, 1.807) is 0 Å². The molecule has 2 aromatic rings. The number of carbonyl (C=O) groups excluding carboxylic acids is 2. The Bertz CT molecular complexity index is 1070. The van der Waals surface area contributed by atoms with Gasteiger partial charge in [0.05, 0.1) is 11.8 Å². The first-order chi connectivity index (χ1) is 17.0. The number of benzene rings is 2. The first-order valence-corrected chi connectivity index (χ1v) is 12.6. The molecular formula is C28H32N2O5. The van der Waals surface area contributed by atoms with Crippen LogP contribution in [0.15, 0.2) is 48.5 Å². The number of rotatable bonds is 8. The average Bonchev–Trinajstić information content (AvgIpc) is 3.41. The maximum absolute atomic E-state index is 13.1. The number of hydrogen-bond acceptors (Lipinski definition) is 4. The van der Waals surface area contributed by atoms with Gasteiger partial charge in [0, 0.05) is 18.5 Å². The van der Waals surface area contributed by atoms with E-state index in [4.69, 9.17) is 4.74 Å². The van der Waals surface area contributed by atoms with Crippen LogP contribution in [0.3, 0.4) is 0 Å². The number of fused-ring (bicyclic) bond motifs is 3. The fraction of sp³-hybridized carbons (Fsp3) is 0.464. The minimum atomic E-state index is -0.857. The predicted molar refractivity (Wildman–Crippen MR) is 131 cm³/mol. The maximum Gasteiger partial charge on any atom is 0.407 e. The lowest BCUT2D eigenvalue weighted by molar-refractivity contribution is -0.142. The van der Waals surface area contributed by atoms with E-state index < -0.39 is 18.0 Å². The third-order valence-corrected chi connectivity index (χ3v) is 8.03. The highest BCUT2D eigenvalue weighted by Crippen LogP contribution is 2.44. The van der Waals surface area contributed by atoms with Crippen LogP contribution in [0.4, 0.5) is 4.79 Å². The maximum atomic E-state index is 13.1. The Morgan fingerprint density at radius 1 is 0.914 bits per heavy atom. The molecule has 2 fully saturated rings. The second-order valence-electron chi connectivity index (χ2n) is 9.99. The Balaban J connectivity index is 1.18. The van der Waals surface area contributed by atoms with Crippen molar-refractivity contribution in [2.24, 2.45) is 17.8 Å². The molecule has 1 unspecified atom stereocenters. The van der Waals surface area contributed by atoms with Gasteiger partial charge in [0.2, 0.25) is 5.91 Å². The van der Waals surface area contributed by atoms with Crippen LogP contribution in [-0.2, 0) is 14.3 Å². The Hall–Kier alpha value is -3.35. The van der Waals surface area contributed by atoms with E-state index >= 15 is 0 Å². The van der Waals surface area contributed by atoms with Crippen LogP contribution in [0, 0.1) is 17.8 Å². The van der Waals surface area contributed by atoms with Gasteiger partial charge in [-0.25, -0.2) is 4.79 Å². The Kier molecular flexibility index (Phi) is 6.75. The summed E-state index contributed by atoms with van der Waals surface area (Å²) in [6.45, 7) is 0.417. The van der Waals surface area contributed by atoms with E-state index in [-0.39, 0.29) is 42.9 Å². The SMILES string of the molecule is O=C(NCC(C(=O)N[C@H]1CCC[C@H]1C(=O)O)C1CCC1)OCC1c2ccccc2-c2ccccc21. The van der Waals surface area contributed by atoms with Gasteiger partial charge in [-0.05, 0) is 53.9 Å². The highest BCUT2D eigenvalue weighted by Gasteiger charge is 2.38. The van der Waals surface area contributed by atoms with E-state index in [1.807, 2.05) is 24.3 Å². The molecule has 0 aromatic heterocycles. The molecule has 7 nitrogen and oxygen atoms in total. The number of carbonyl (C=O) groups is 3. The van der Waals surface area contributed by atoms with Crippen LogP contribution in [0.2, 0.25) is 0 Å². The lowest BCUT2D eigenvalue weighted by Gasteiger charge is -2.34. The second kappa shape index (κ2) is 10.1. The molecule has 2 amide bonds. The molecule has 5 rings (SSSR count). The molecule has 0 radical (unpaired) electrons. The number of amides is 2. The minimum Gasteiger partial charge on any atom is -0.481 e. The third-order valence-electron chi connectivity index (χ3n) is 8.03. The Morgan fingerprint density at radius 3 is 2.14 bits per heavy atom. The monoisotopic (exact) mass is 476 g/mol. The summed E-state index contributed by atoms with van der Waals surface area (Å²) in [7, 11) is 0. The van der Waals surface area contributed by atoms with E-state index in [2.05, 4.69) is 34.9 Å². The van der Waals surface area contributed by atoms with Crippen molar-refractivity contribution < 1.29 is 24.2 Å². The van der Waals surface area contributed by atoms with Crippen LogP contribution >= 0.6 is 0 Å². The topological polar surface area (TPSA) is 105 Å². The summed E-state index contributed by atoms with van der Waals surface area (Å²) in [6.07, 6.45) is 4.49. The molecule has 3 aliphatic rings. The molecule has 3 aliphatic carbocycles. The zero-order chi connectivity index (χ0) is 24.4. The van der Waals surface area contributed by atoms with Gasteiger partial charge in [0.15, 0.2) is 0 Å². The van der Waals surface area contributed by atoms with Crippen LogP contribution < -0.4 is 10.6 Å². The van der Waals surface area contributed by atoms with Crippen molar-refractivity contribution in [1.82, 2.24) is 10.6 Å². The van der Waals surface area contributed by atoms with Crippen LogP contribution in [0.1, 0.15) is 55.6 Å².